The summed E-state index contributed by atoms with van der Waals surface area (Å²) in [5, 5.41) is 3.03. The molecule has 5 nitrogen and oxygen atoms in total. The largest absolute Gasteiger partial charge is 0.496 e. The average molecular weight is 431 g/mol. The molecule has 0 aliphatic heterocycles. The zero-order valence-electron chi connectivity index (χ0n) is 18.7. The second-order valence-corrected chi connectivity index (χ2v) is 7.60. The van der Waals surface area contributed by atoms with Gasteiger partial charge in [-0.1, -0.05) is 85.8 Å². The van der Waals surface area contributed by atoms with E-state index >= 15 is 0 Å². The number of carbonyl (C=O) groups is 2. The predicted molar refractivity (Wildman–Crippen MR) is 126 cm³/mol. The zero-order chi connectivity index (χ0) is 22.8. The van der Waals surface area contributed by atoms with Crippen LogP contribution in [0.15, 0.2) is 84.9 Å². The SMILES string of the molecule is CCC(=O)N(Cc1ccccc1)[C@@H](Cc1ccccc1)C(=O)NCc1ccccc1OC. The zero-order valence-corrected chi connectivity index (χ0v) is 18.7. The summed E-state index contributed by atoms with van der Waals surface area (Å²) in [4.78, 5) is 28.1. The molecule has 1 N–H and O–H groups in total. The van der Waals surface area contributed by atoms with E-state index in [1.165, 1.54) is 0 Å². The molecule has 3 aromatic carbocycles. The highest BCUT2D eigenvalue weighted by molar-refractivity contribution is 5.88. The van der Waals surface area contributed by atoms with Crippen molar-refractivity contribution in [3.63, 3.8) is 0 Å². The van der Waals surface area contributed by atoms with Gasteiger partial charge in [-0.25, -0.2) is 0 Å². The van der Waals surface area contributed by atoms with E-state index in [9.17, 15) is 9.59 Å². The number of ether oxygens (including phenoxy) is 1. The molecule has 3 rings (SSSR count). The van der Waals surface area contributed by atoms with Gasteiger partial charge in [-0.2, -0.15) is 0 Å². The number of rotatable bonds is 10. The Bertz CT molecular complexity index is 1010. The number of hydrogen-bond donors (Lipinski definition) is 1. The van der Waals surface area contributed by atoms with Crippen LogP contribution >= 0.6 is 0 Å². The van der Waals surface area contributed by atoms with E-state index in [0.29, 0.717) is 25.9 Å². The minimum absolute atomic E-state index is 0.0535. The van der Waals surface area contributed by atoms with Crippen molar-refractivity contribution in [3.8, 4) is 5.75 Å². The topological polar surface area (TPSA) is 58.6 Å². The molecule has 0 aliphatic rings. The van der Waals surface area contributed by atoms with Crippen LogP contribution in [0.25, 0.3) is 0 Å². The minimum Gasteiger partial charge on any atom is -0.496 e. The number of methoxy groups -OCH3 is 1. The van der Waals surface area contributed by atoms with Gasteiger partial charge in [0.15, 0.2) is 0 Å². The van der Waals surface area contributed by atoms with Gasteiger partial charge in [0, 0.05) is 31.5 Å². The van der Waals surface area contributed by atoms with Crippen LogP contribution in [-0.4, -0.2) is 29.9 Å². The Labute approximate surface area is 190 Å². The summed E-state index contributed by atoms with van der Waals surface area (Å²) in [5.74, 6) is 0.484. The molecule has 0 bridgehead atoms. The van der Waals surface area contributed by atoms with Gasteiger partial charge in [0.1, 0.15) is 11.8 Å². The van der Waals surface area contributed by atoms with E-state index in [4.69, 9.17) is 4.74 Å². The lowest BCUT2D eigenvalue weighted by molar-refractivity contribution is -0.141. The van der Waals surface area contributed by atoms with E-state index in [2.05, 4.69) is 5.32 Å². The van der Waals surface area contributed by atoms with Crippen molar-refractivity contribution < 1.29 is 14.3 Å². The van der Waals surface area contributed by atoms with Crippen LogP contribution in [0.4, 0.5) is 0 Å². The smallest absolute Gasteiger partial charge is 0.243 e. The van der Waals surface area contributed by atoms with Crippen LogP contribution in [0, 0.1) is 0 Å². The van der Waals surface area contributed by atoms with Crippen molar-refractivity contribution in [1.29, 1.82) is 0 Å². The number of carbonyl (C=O) groups excluding carboxylic acids is 2. The highest BCUT2D eigenvalue weighted by Gasteiger charge is 2.29. The highest BCUT2D eigenvalue weighted by Crippen LogP contribution is 2.18. The average Bonchev–Trinajstić information content (AvgIpc) is 2.85. The Balaban J connectivity index is 1.86. The fourth-order valence-corrected chi connectivity index (χ4v) is 3.69. The lowest BCUT2D eigenvalue weighted by Crippen LogP contribution is -2.50. The lowest BCUT2D eigenvalue weighted by Gasteiger charge is -2.31. The Morgan fingerprint density at radius 2 is 1.47 bits per heavy atom. The monoisotopic (exact) mass is 430 g/mol. The molecule has 5 heteroatoms. The molecule has 166 valence electrons. The molecule has 0 heterocycles. The number of hydrogen-bond acceptors (Lipinski definition) is 3. The lowest BCUT2D eigenvalue weighted by atomic mass is 10.0. The van der Waals surface area contributed by atoms with Crippen LogP contribution in [0.1, 0.15) is 30.0 Å². The fourth-order valence-electron chi connectivity index (χ4n) is 3.69. The highest BCUT2D eigenvalue weighted by atomic mass is 16.5. The third-order valence-corrected chi connectivity index (χ3v) is 5.41. The maximum absolute atomic E-state index is 13.4. The first kappa shape index (κ1) is 23.1. The maximum atomic E-state index is 13.4. The van der Waals surface area contributed by atoms with Crippen LogP contribution < -0.4 is 10.1 Å². The Hall–Kier alpha value is -3.60. The van der Waals surface area contributed by atoms with E-state index in [1.807, 2.05) is 91.9 Å². The van der Waals surface area contributed by atoms with Gasteiger partial charge < -0.3 is 15.0 Å². The van der Waals surface area contributed by atoms with E-state index in [1.54, 1.807) is 12.0 Å². The van der Waals surface area contributed by atoms with Crippen LogP contribution in [0.3, 0.4) is 0 Å². The summed E-state index contributed by atoms with van der Waals surface area (Å²) in [6, 6.07) is 26.5. The van der Waals surface area contributed by atoms with Gasteiger partial charge in [-0.3, -0.25) is 9.59 Å². The molecule has 0 radical (unpaired) electrons. The van der Waals surface area contributed by atoms with Crippen molar-refractivity contribution in [3.05, 3.63) is 102 Å². The molecule has 0 aliphatic carbocycles. The van der Waals surface area contributed by atoms with Crippen molar-refractivity contribution in [1.82, 2.24) is 10.2 Å². The molecule has 0 aromatic heterocycles. The van der Waals surface area contributed by atoms with Gasteiger partial charge in [0.2, 0.25) is 11.8 Å². The Morgan fingerprint density at radius 1 is 0.875 bits per heavy atom. The third-order valence-electron chi connectivity index (χ3n) is 5.41. The minimum atomic E-state index is -0.625. The molecule has 0 saturated carbocycles. The van der Waals surface area contributed by atoms with Gasteiger partial charge in [-0.15, -0.1) is 0 Å². The second kappa shape index (κ2) is 11.7. The molecule has 32 heavy (non-hydrogen) atoms. The second-order valence-electron chi connectivity index (χ2n) is 7.60. The van der Waals surface area contributed by atoms with Crippen molar-refractivity contribution >= 4 is 11.8 Å². The van der Waals surface area contributed by atoms with Gasteiger partial charge in [0.25, 0.3) is 0 Å². The van der Waals surface area contributed by atoms with Gasteiger partial charge >= 0.3 is 0 Å². The number of amides is 2. The molecule has 0 saturated heterocycles. The van der Waals surface area contributed by atoms with E-state index in [0.717, 1.165) is 22.4 Å². The van der Waals surface area contributed by atoms with Crippen LogP contribution in [0.5, 0.6) is 5.75 Å². The van der Waals surface area contributed by atoms with Crippen molar-refractivity contribution in [2.45, 2.75) is 38.9 Å². The quantitative estimate of drug-likeness (QED) is 0.520. The Morgan fingerprint density at radius 3 is 2.09 bits per heavy atom. The number of para-hydroxylation sites is 1. The number of nitrogens with zero attached hydrogens (tertiary/aromatic N) is 1. The third kappa shape index (κ3) is 6.20. The number of benzene rings is 3. The molecule has 3 aromatic rings. The molecule has 2 amide bonds. The molecule has 0 fully saturated rings. The molecule has 0 spiro atoms. The fraction of sp³-hybridized carbons (Fsp3) is 0.259. The van der Waals surface area contributed by atoms with Crippen molar-refractivity contribution in [2.75, 3.05) is 7.11 Å². The molecular formula is C27H30N2O3. The summed E-state index contributed by atoms with van der Waals surface area (Å²) in [6.45, 7) is 2.54. The Kier molecular flexibility index (Phi) is 8.44. The van der Waals surface area contributed by atoms with Crippen LogP contribution in [-0.2, 0) is 29.1 Å². The first-order chi connectivity index (χ1) is 15.6. The molecule has 0 unspecified atom stereocenters. The number of nitrogens with one attached hydrogen (secondary N) is 1. The molecule has 1 atom stereocenters. The summed E-state index contributed by atoms with van der Waals surface area (Å²) in [7, 11) is 1.61. The van der Waals surface area contributed by atoms with E-state index in [-0.39, 0.29) is 11.8 Å². The predicted octanol–water partition coefficient (Wildman–Crippen LogP) is 4.36. The van der Waals surface area contributed by atoms with Gasteiger partial charge in [-0.05, 0) is 17.2 Å². The standard InChI is InChI=1S/C27H30N2O3/c1-3-26(30)29(20-22-14-8-5-9-15-22)24(18-21-12-6-4-7-13-21)27(31)28-19-23-16-10-11-17-25(23)32-2/h4-17,24H,3,18-20H2,1-2H3,(H,28,31)/t24-/m0/s1. The molecular weight excluding hydrogens is 400 g/mol. The summed E-state index contributed by atoms with van der Waals surface area (Å²) in [5.41, 5.74) is 2.88. The van der Waals surface area contributed by atoms with Crippen LogP contribution in [0.2, 0.25) is 0 Å². The first-order valence-electron chi connectivity index (χ1n) is 10.9. The summed E-state index contributed by atoms with van der Waals surface area (Å²) >= 11 is 0. The van der Waals surface area contributed by atoms with Crippen molar-refractivity contribution in [2.24, 2.45) is 0 Å². The van der Waals surface area contributed by atoms with E-state index < -0.39 is 6.04 Å². The first-order valence-corrected chi connectivity index (χ1v) is 10.9. The summed E-state index contributed by atoms with van der Waals surface area (Å²) in [6.07, 6.45) is 0.773. The maximum Gasteiger partial charge on any atom is 0.243 e. The van der Waals surface area contributed by atoms with Gasteiger partial charge in [0.05, 0.1) is 7.11 Å². The normalized spacial score (nSPS) is 11.4. The summed E-state index contributed by atoms with van der Waals surface area (Å²) < 4.78 is 5.40.